The van der Waals surface area contributed by atoms with Crippen molar-refractivity contribution in [3.8, 4) is 0 Å². The molecule has 0 bridgehead atoms. The molecule has 164 valence electrons. The van der Waals surface area contributed by atoms with Crippen molar-refractivity contribution in [3.05, 3.63) is 63.2 Å². The summed E-state index contributed by atoms with van der Waals surface area (Å²) in [6.07, 6.45) is 0. The maximum Gasteiger partial charge on any atom is 0.338 e. The number of rotatable bonds is 6. The number of nitrogens with zero attached hydrogens (tertiary/aromatic N) is 3. The number of aryl methyl sites for hydroxylation is 1. The van der Waals surface area contributed by atoms with Crippen molar-refractivity contribution in [2.45, 2.75) is 13.8 Å². The highest BCUT2D eigenvalue weighted by Gasteiger charge is 2.20. The topological polar surface area (TPSA) is 105 Å². The molecule has 9 nitrogen and oxygen atoms in total. The van der Waals surface area contributed by atoms with E-state index < -0.39 is 16.8 Å². The summed E-state index contributed by atoms with van der Waals surface area (Å²) in [4.78, 5) is 39.8. The monoisotopic (exact) mass is 426 g/mol. The Morgan fingerprint density at radius 2 is 1.77 bits per heavy atom. The maximum atomic E-state index is 12.8. The fraction of sp³-hybridized carbons (Fsp3) is 0.364. The van der Waals surface area contributed by atoms with Crippen LogP contribution in [0.25, 0.3) is 0 Å². The molecule has 0 spiro atoms. The number of ether oxygens (including phenoxy) is 1. The van der Waals surface area contributed by atoms with Gasteiger partial charge in [-0.3, -0.25) is 14.9 Å². The van der Waals surface area contributed by atoms with Crippen molar-refractivity contribution in [1.82, 2.24) is 4.90 Å². The van der Waals surface area contributed by atoms with E-state index in [0.29, 0.717) is 5.69 Å². The SMILES string of the molecule is CCN1CCN(c2ccc(NC(=O)c3cc(C(=O)OC)cc([N+](=O)[O-])c3)c(C)c2)CC1. The van der Waals surface area contributed by atoms with Crippen molar-refractivity contribution in [1.29, 1.82) is 0 Å². The summed E-state index contributed by atoms with van der Waals surface area (Å²) in [5.41, 5.74) is 2.17. The quantitative estimate of drug-likeness (QED) is 0.430. The number of carbonyl (C=O) groups excluding carboxylic acids is 2. The number of esters is 1. The second-order valence-corrected chi connectivity index (χ2v) is 7.39. The lowest BCUT2D eigenvalue weighted by molar-refractivity contribution is -0.384. The Morgan fingerprint density at radius 3 is 2.35 bits per heavy atom. The summed E-state index contributed by atoms with van der Waals surface area (Å²) in [6, 6.07) is 9.31. The van der Waals surface area contributed by atoms with Gasteiger partial charge in [-0.1, -0.05) is 6.92 Å². The van der Waals surface area contributed by atoms with Gasteiger partial charge in [-0.2, -0.15) is 0 Å². The van der Waals surface area contributed by atoms with Gasteiger partial charge in [0.1, 0.15) is 0 Å². The van der Waals surface area contributed by atoms with Crippen LogP contribution in [-0.2, 0) is 4.74 Å². The third-order valence-corrected chi connectivity index (χ3v) is 5.45. The molecule has 1 aliphatic rings. The number of amides is 1. The van der Waals surface area contributed by atoms with Crippen LogP contribution < -0.4 is 10.2 Å². The van der Waals surface area contributed by atoms with Gasteiger partial charge < -0.3 is 19.9 Å². The summed E-state index contributed by atoms with van der Waals surface area (Å²) in [7, 11) is 1.17. The Kier molecular flexibility index (Phi) is 6.86. The molecule has 1 fully saturated rings. The number of anilines is 2. The van der Waals surface area contributed by atoms with Crippen molar-refractivity contribution >= 4 is 28.9 Å². The first kappa shape index (κ1) is 22.2. The van der Waals surface area contributed by atoms with Crippen LogP contribution in [0.2, 0.25) is 0 Å². The average Bonchev–Trinajstić information content (AvgIpc) is 2.79. The van der Waals surface area contributed by atoms with Gasteiger partial charge >= 0.3 is 5.97 Å². The Bertz CT molecular complexity index is 999. The van der Waals surface area contributed by atoms with Gasteiger partial charge in [-0.25, -0.2) is 4.79 Å². The number of nitro groups is 1. The fourth-order valence-electron chi connectivity index (χ4n) is 3.58. The van der Waals surface area contributed by atoms with Crippen molar-refractivity contribution < 1.29 is 19.2 Å². The molecular weight excluding hydrogens is 400 g/mol. The van der Waals surface area contributed by atoms with Crippen LogP contribution in [0.5, 0.6) is 0 Å². The highest BCUT2D eigenvalue weighted by Crippen LogP contribution is 2.25. The van der Waals surface area contributed by atoms with Crippen LogP contribution in [0.3, 0.4) is 0 Å². The molecule has 1 saturated heterocycles. The molecule has 3 rings (SSSR count). The van der Waals surface area contributed by atoms with Crippen molar-refractivity contribution in [3.63, 3.8) is 0 Å². The van der Waals surface area contributed by atoms with Crippen LogP contribution in [0.4, 0.5) is 17.1 Å². The molecule has 1 heterocycles. The lowest BCUT2D eigenvalue weighted by Crippen LogP contribution is -2.46. The summed E-state index contributed by atoms with van der Waals surface area (Å²) in [6.45, 7) is 9.04. The molecule has 0 unspecified atom stereocenters. The summed E-state index contributed by atoms with van der Waals surface area (Å²) < 4.78 is 4.63. The normalized spacial score (nSPS) is 14.2. The van der Waals surface area contributed by atoms with Crippen molar-refractivity contribution in [2.24, 2.45) is 0 Å². The molecule has 1 amide bonds. The molecule has 2 aromatic carbocycles. The highest BCUT2D eigenvalue weighted by molar-refractivity contribution is 6.06. The highest BCUT2D eigenvalue weighted by atomic mass is 16.6. The third-order valence-electron chi connectivity index (χ3n) is 5.45. The van der Waals surface area contributed by atoms with E-state index in [1.165, 1.54) is 13.2 Å². The lowest BCUT2D eigenvalue weighted by Gasteiger charge is -2.35. The number of benzene rings is 2. The minimum Gasteiger partial charge on any atom is -0.465 e. The molecule has 0 saturated carbocycles. The molecule has 9 heteroatoms. The molecular formula is C22H26N4O5. The zero-order valence-electron chi connectivity index (χ0n) is 17.9. The number of nitro benzene ring substituents is 1. The van der Waals surface area contributed by atoms with E-state index in [2.05, 4.69) is 26.8 Å². The zero-order chi connectivity index (χ0) is 22.5. The first-order chi connectivity index (χ1) is 14.8. The minimum atomic E-state index is -0.749. The number of hydrogen-bond donors (Lipinski definition) is 1. The van der Waals surface area contributed by atoms with Crippen LogP contribution >= 0.6 is 0 Å². The Balaban J connectivity index is 1.78. The summed E-state index contributed by atoms with van der Waals surface area (Å²) in [5.74, 6) is -1.29. The standard InChI is InChI=1S/C22H26N4O5/c1-4-24-7-9-25(10-8-24)18-5-6-20(15(2)11-18)23-21(27)16-12-17(22(28)31-3)14-19(13-16)26(29)30/h5-6,11-14H,4,7-10H2,1-3H3,(H,23,27). The van der Waals surface area contributed by atoms with E-state index in [1.807, 2.05) is 25.1 Å². The van der Waals surface area contributed by atoms with Gasteiger partial charge in [0.25, 0.3) is 11.6 Å². The predicted molar refractivity (Wildman–Crippen MR) is 118 cm³/mol. The van der Waals surface area contributed by atoms with Crippen molar-refractivity contribution in [2.75, 3.05) is 50.1 Å². The molecule has 0 atom stereocenters. The van der Waals surface area contributed by atoms with Gasteiger partial charge in [0.05, 0.1) is 17.6 Å². The van der Waals surface area contributed by atoms with Crippen LogP contribution in [0.1, 0.15) is 33.2 Å². The number of hydrogen-bond acceptors (Lipinski definition) is 7. The van der Waals surface area contributed by atoms with E-state index in [0.717, 1.165) is 56.1 Å². The fourth-order valence-corrected chi connectivity index (χ4v) is 3.58. The first-order valence-corrected chi connectivity index (χ1v) is 10.1. The Morgan fingerprint density at radius 1 is 1.10 bits per heavy atom. The molecule has 31 heavy (non-hydrogen) atoms. The molecule has 0 aromatic heterocycles. The zero-order valence-corrected chi connectivity index (χ0v) is 17.9. The first-order valence-electron chi connectivity index (χ1n) is 10.1. The Hall–Kier alpha value is -3.46. The molecule has 1 N–H and O–H groups in total. The lowest BCUT2D eigenvalue weighted by atomic mass is 10.1. The second kappa shape index (κ2) is 9.57. The molecule has 2 aromatic rings. The number of likely N-dealkylation sites (N-methyl/N-ethyl adjacent to an activating group) is 1. The van der Waals surface area contributed by atoms with E-state index in [4.69, 9.17) is 0 Å². The smallest absolute Gasteiger partial charge is 0.338 e. The minimum absolute atomic E-state index is 0.00811. The van der Waals surface area contributed by atoms with Gasteiger partial charge in [-0.05, 0) is 43.3 Å². The van der Waals surface area contributed by atoms with Gasteiger partial charge in [0.15, 0.2) is 0 Å². The number of methoxy groups -OCH3 is 1. The summed E-state index contributed by atoms with van der Waals surface area (Å²) >= 11 is 0. The summed E-state index contributed by atoms with van der Waals surface area (Å²) in [5, 5.41) is 14.0. The predicted octanol–water partition coefficient (Wildman–Crippen LogP) is 3.08. The van der Waals surface area contributed by atoms with E-state index in [9.17, 15) is 19.7 Å². The van der Waals surface area contributed by atoms with Crippen LogP contribution in [-0.4, -0.2) is 61.5 Å². The largest absolute Gasteiger partial charge is 0.465 e. The van der Waals surface area contributed by atoms with E-state index in [-0.39, 0.29) is 16.8 Å². The number of non-ortho nitro benzene ring substituents is 1. The second-order valence-electron chi connectivity index (χ2n) is 7.39. The third kappa shape index (κ3) is 5.18. The van der Waals surface area contributed by atoms with Crippen LogP contribution in [0.15, 0.2) is 36.4 Å². The molecule has 0 radical (unpaired) electrons. The van der Waals surface area contributed by atoms with Gasteiger partial charge in [-0.15, -0.1) is 0 Å². The Labute approximate surface area is 180 Å². The molecule has 0 aliphatic carbocycles. The number of piperazine rings is 1. The number of nitrogens with one attached hydrogen (secondary N) is 1. The van der Waals surface area contributed by atoms with E-state index in [1.54, 1.807) is 0 Å². The number of carbonyl (C=O) groups is 2. The molecule has 1 aliphatic heterocycles. The van der Waals surface area contributed by atoms with Crippen LogP contribution in [0, 0.1) is 17.0 Å². The van der Waals surface area contributed by atoms with Gasteiger partial charge in [0.2, 0.25) is 0 Å². The van der Waals surface area contributed by atoms with E-state index >= 15 is 0 Å². The maximum absolute atomic E-state index is 12.8. The van der Waals surface area contributed by atoms with Gasteiger partial charge in [0, 0.05) is 55.2 Å². The average molecular weight is 426 g/mol.